The first-order valence-electron chi connectivity index (χ1n) is 10.4. The van der Waals surface area contributed by atoms with Crippen molar-refractivity contribution in [1.82, 2.24) is 5.43 Å². The van der Waals surface area contributed by atoms with E-state index in [2.05, 4.69) is 28.7 Å². The normalized spacial score (nSPS) is 16.3. The highest BCUT2D eigenvalue weighted by Crippen LogP contribution is 2.28. The van der Waals surface area contributed by atoms with E-state index < -0.39 is 5.92 Å². The SMILES string of the molecule is O=C(N/N=C\c1c2ccccc2cc2ccccc12)[C@H]1CC(=O)N(c2ccc(Cl)cc2)C1. The summed E-state index contributed by atoms with van der Waals surface area (Å²) in [4.78, 5) is 26.8. The van der Waals surface area contributed by atoms with Gasteiger partial charge < -0.3 is 4.90 Å². The van der Waals surface area contributed by atoms with E-state index in [4.69, 9.17) is 11.6 Å². The van der Waals surface area contributed by atoms with E-state index in [0.717, 1.165) is 32.8 Å². The number of benzene rings is 4. The molecule has 1 aliphatic rings. The van der Waals surface area contributed by atoms with Gasteiger partial charge in [0.25, 0.3) is 0 Å². The zero-order valence-electron chi connectivity index (χ0n) is 17.2. The van der Waals surface area contributed by atoms with Crippen LogP contribution in [0.1, 0.15) is 12.0 Å². The molecular weight excluding hydrogens is 422 g/mol. The van der Waals surface area contributed by atoms with E-state index >= 15 is 0 Å². The number of anilines is 1. The van der Waals surface area contributed by atoms with Gasteiger partial charge in [0.15, 0.2) is 0 Å². The standard InChI is InChI=1S/C26H20ClN3O2/c27-20-9-11-21(12-10-20)30-16-19(14-25(30)31)26(32)29-28-15-24-22-7-3-1-5-17(22)13-18-6-2-4-8-23(18)24/h1-13,15,19H,14,16H2,(H,29,32)/b28-15-/t19-/m0/s1. The van der Waals surface area contributed by atoms with Crippen molar-refractivity contribution in [3.63, 3.8) is 0 Å². The number of hydrogen-bond donors (Lipinski definition) is 1. The fourth-order valence-electron chi connectivity index (χ4n) is 4.19. The molecule has 1 fully saturated rings. The van der Waals surface area contributed by atoms with Gasteiger partial charge in [0, 0.05) is 29.2 Å². The molecule has 1 saturated heterocycles. The van der Waals surface area contributed by atoms with Gasteiger partial charge in [-0.1, -0.05) is 60.1 Å². The van der Waals surface area contributed by atoms with Crippen LogP contribution in [0.3, 0.4) is 0 Å². The van der Waals surface area contributed by atoms with Gasteiger partial charge in [0.1, 0.15) is 0 Å². The van der Waals surface area contributed by atoms with Crippen LogP contribution < -0.4 is 10.3 Å². The molecule has 0 radical (unpaired) electrons. The fraction of sp³-hybridized carbons (Fsp3) is 0.115. The maximum absolute atomic E-state index is 12.7. The lowest BCUT2D eigenvalue weighted by Crippen LogP contribution is -2.30. The van der Waals surface area contributed by atoms with E-state index in [1.807, 2.05) is 36.4 Å². The van der Waals surface area contributed by atoms with Crippen LogP contribution in [0.2, 0.25) is 5.02 Å². The molecular formula is C26H20ClN3O2. The van der Waals surface area contributed by atoms with Gasteiger partial charge >= 0.3 is 0 Å². The third-order valence-electron chi connectivity index (χ3n) is 5.82. The summed E-state index contributed by atoms with van der Waals surface area (Å²) in [5.74, 6) is -0.813. The molecule has 5 nitrogen and oxygen atoms in total. The summed E-state index contributed by atoms with van der Waals surface area (Å²) in [6, 6.07) is 25.4. The number of carbonyl (C=O) groups is 2. The summed E-state index contributed by atoms with van der Waals surface area (Å²) < 4.78 is 0. The molecule has 1 heterocycles. The van der Waals surface area contributed by atoms with Gasteiger partial charge in [-0.2, -0.15) is 5.10 Å². The third kappa shape index (κ3) is 3.83. The second-order valence-electron chi connectivity index (χ2n) is 7.85. The highest BCUT2D eigenvalue weighted by Gasteiger charge is 2.35. The van der Waals surface area contributed by atoms with Crippen molar-refractivity contribution in [2.24, 2.45) is 11.0 Å². The van der Waals surface area contributed by atoms with E-state index in [9.17, 15) is 9.59 Å². The monoisotopic (exact) mass is 441 g/mol. The third-order valence-corrected chi connectivity index (χ3v) is 6.07. The maximum Gasteiger partial charge on any atom is 0.245 e. The van der Waals surface area contributed by atoms with Crippen molar-refractivity contribution < 1.29 is 9.59 Å². The summed E-state index contributed by atoms with van der Waals surface area (Å²) >= 11 is 5.93. The first kappa shape index (κ1) is 20.2. The predicted molar refractivity (Wildman–Crippen MR) is 129 cm³/mol. The molecule has 4 aromatic carbocycles. The van der Waals surface area contributed by atoms with Crippen molar-refractivity contribution >= 4 is 56.9 Å². The number of hydrazone groups is 1. The lowest BCUT2D eigenvalue weighted by molar-refractivity contribution is -0.126. The molecule has 1 aliphatic heterocycles. The van der Waals surface area contributed by atoms with Crippen LogP contribution in [0.5, 0.6) is 0 Å². The highest BCUT2D eigenvalue weighted by atomic mass is 35.5. The molecule has 0 spiro atoms. The Bertz CT molecular complexity index is 1310. The quantitative estimate of drug-likeness (QED) is 0.270. The van der Waals surface area contributed by atoms with Crippen LogP contribution in [-0.4, -0.2) is 24.6 Å². The second kappa shape index (κ2) is 8.44. The van der Waals surface area contributed by atoms with Crippen LogP contribution >= 0.6 is 11.6 Å². The fourth-order valence-corrected chi connectivity index (χ4v) is 4.32. The van der Waals surface area contributed by atoms with Crippen molar-refractivity contribution in [2.75, 3.05) is 11.4 Å². The van der Waals surface area contributed by atoms with Crippen molar-refractivity contribution in [2.45, 2.75) is 6.42 Å². The molecule has 5 rings (SSSR count). The van der Waals surface area contributed by atoms with Crippen LogP contribution in [-0.2, 0) is 9.59 Å². The van der Waals surface area contributed by atoms with Gasteiger partial charge in [-0.25, -0.2) is 5.43 Å². The second-order valence-corrected chi connectivity index (χ2v) is 8.29. The van der Waals surface area contributed by atoms with E-state index in [1.165, 1.54) is 0 Å². The minimum Gasteiger partial charge on any atom is -0.312 e. The van der Waals surface area contributed by atoms with E-state index in [-0.39, 0.29) is 18.2 Å². The molecule has 1 atom stereocenters. The highest BCUT2D eigenvalue weighted by molar-refractivity contribution is 6.30. The van der Waals surface area contributed by atoms with Gasteiger partial charge in [-0.3, -0.25) is 9.59 Å². The zero-order chi connectivity index (χ0) is 22.1. The number of fused-ring (bicyclic) bond motifs is 2. The minimum absolute atomic E-state index is 0.0866. The summed E-state index contributed by atoms with van der Waals surface area (Å²) in [5.41, 5.74) is 4.32. The number of hydrogen-bond acceptors (Lipinski definition) is 3. The van der Waals surface area contributed by atoms with Crippen molar-refractivity contribution in [1.29, 1.82) is 0 Å². The smallest absolute Gasteiger partial charge is 0.245 e. The number of halogens is 1. The molecule has 0 aromatic heterocycles. The van der Waals surface area contributed by atoms with Crippen molar-refractivity contribution in [3.8, 4) is 0 Å². The molecule has 0 bridgehead atoms. The Morgan fingerprint density at radius 2 is 1.59 bits per heavy atom. The zero-order valence-corrected chi connectivity index (χ0v) is 17.9. The molecule has 158 valence electrons. The van der Waals surface area contributed by atoms with E-state index in [0.29, 0.717) is 11.6 Å². The molecule has 0 saturated carbocycles. The number of nitrogens with one attached hydrogen (secondary N) is 1. The number of amides is 2. The molecule has 0 aliphatic carbocycles. The summed E-state index contributed by atoms with van der Waals surface area (Å²) in [7, 11) is 0. The van der Waals surface area contributed by atoms with Crippen LogP contribution in [0.25, 0.3) is 21.5 Å². The minimum atomic E-state index is -0.459. The first-order chi connectivity index (χ1) is 15.6. The van der Waals surface area contributed by atoms with Gasteiger partial charge in [-0.05, 0) is 51.9 Å². The molecule has 0 unspecified atom stereocenters. The summed E-state index contributed by atoms with van der Waals surface area (Å²) in [6.07, 6.45) is 1.84. The number of nitrogens with zero attached hydrogens (tertiary/aromatic N) is 2. The Morgan fingerprint density at radius 1 is 0.969 bits per heavy atom. The molecule has 4 aromatic rings. The summed E-state index contributed by atoms with van der Waals surface area (Å²) in [5, 5.41) is 9.20. The Labute approximate surface area is 190 Å². The Balaban J connectivity index is 1.35. The van der Waals surface area contributed by atoms with Crippen LogP contribution in [0.15, 0.2) is 84.0 Å². The Hall–Kier alpha value is -3.70. The molecule has 2 amide bonds. The Morgan fingerprint density at radius 3 is 2.25 bits per heavy atom. The van der Waals surface area contributed by atoms with Gasteiger partial charge in [0.05, 0.1) is 12.1 Å². The number of carbonyl (C=O) groups excluding carboxylic acids is 2. The number of rotatable bonds is 4. The van der Waals surface area contributed by atoms with E-state index in [1.54, 1.807) is 35.4 Å². The van der Waals surface area contributed by atoms with Crippen molar-refractivity contribution in [3.05, 3.63) is 89.4 Å². The largest absolute Gasteiger partial charge is 0.312 e. The van der Waals surface area contributed by atoms with Gasteiger partial charge in [-0.15, -0.1) is 0 Å². The molecule has 32 heavy (non-hydrogen) atoms. The molecule has 1 N–H and O–H groups in total. The van der Waals surface area contributed by atoms with Gasteiger partial charge in [0.2, 0.25) is 11.8 Å². The Kier molecular flexibility index (Phi) is 5.33. The topological polar surface area (TPSA) is 61.8 Å². The average Bonchev–Trinajstić information content (AvgIpc) is 3.20. The predicted octanol–water partition coefficient (Wildman–Crippen LogP) is 5.15. The van der Waals surface area contributed by atoms with Crippen LogP contribution in [0.4, 0.5) is 5.69 Å². The maximum atomic E-state index is 12.7. The average molecular weight is 442 g/mol. The summed E-state index contributed by atoms with van der Waals surface area (Å²) in [6.45, 7) is 0.318. The lowest BCUT2D eigenvalue weighted by atomic mass is 9.97. The first-order valence-corrected chi connectivity index (χ1v) is 10.8. The lowest BCUT2D eigenvalue weighted by Gasteiger charge is -2.16. The van der Waals surface area contributed by atoms with Crippen LogP contribution in [0, 0.1) is 5.92 Å². The molecule has 6 heteroatoms.